The van der Waals surface area contributed by atoms with Crippen LogP contribution in [-0.4, -0.2) is 21.5 Å². The molecule has 2 N–H and O–H groups in total. The van der Waals surface area contributed by atoms with Crippen LogP contribution in [0.25, 0.3) is 11.4 Å². The first-order valence-corrected chi connectivity index (χ1v) is 5.59. The van der Waals surface area contributed by atoms with Crippen LogP contribution in [0.15, 0.2) is 24.4 Å². The summed E-state index contributed by atoms with van der Waals surface area (Å²) >= 11 is 0. The summed E-state index contributed by atoms with van der Waals surface area (Å²) in [5.74, 6) is 1.75. The number of H-pyrrole nitrogens is 1. The van der Waals surface area contributed by atoms with Crippen molar-refractivity contribution in [3.63, 3.8) is 0 Å². The Morgan fingerprint density at radius 3 is 2.81 bits per heavy atom. The highest BCUT2D eigenvalue weighted by Crippen LogP contribution is 2.17. The molecule has 0 aliphatic heterocycles. The normalized spacial score (nSPS) is 10.4. The minimum absolute atomic E-state index is 0.840. The molecule has 2 aromatic rings. The minimum atomic E-state index is 0.840. The molecule has 0 radical (unpaired) electrons. The van der Waals surface area contributed by atoms with E-state index < -0.39 is 0 Å². The van der Waals surface area contributed by atoms with Crippen LogP contribution in [0.1, 0.15) is 19.7 Å². The van der Waals surface area contributed by atoms with Crippen molar-refractivity contribution in [3.8, 4) is 11.4 Å². The zero-order valence-electron chi connectivity index (χ0n) is 9.62. The summed E-state index contributed by atoms with van der Waals surface area (Å²) < 4.78 is 0. The van der Waals surface area contributed by atoms with Gasteiger partial charge in [0.15, 0.2) is 0 Å². The lowest BCUT2D eigenvalue weighted by molar-refractivity contribution is 0.937. The molecule has 0 saturated heterocycles. The number of nitrogens with one attached hydrogen (secondary N) is 2. The van der Waals surface area contributed by atoms with Gasteiger partial charge >= 0.3 is 0 Å². The molecule has 2 aromatic heterocycles. The van der Waals surface area contributed by atoms with Gasteiger partial charge in [-0.2, -0.15) is 0 Å². The second kappa shape index (κ2) is 4.79. The Morgan fingerprint density at radius 1 is 1.31 bits per heavy atom. The van der Waals surface area contributed by atoms with E-state index in [4.69, 9.17) is 0 Å². The maximum absolute atomic E-state index is 4.49. The Kier molecular flexibility index (Phi) is 3.19. The van der Waals surface area contributed by atoms with Crippen LogP contribution in [0.4, 0.5) is 5.82 Å². The molecule has 0 bridgehead atoms. The van der Waals surface area contributed by atoms with Crippen LogP contribution in [0.2, 0.25) is 0 Å². The smallest absolute Gasteiger partial charge is 0.131 e. The Morgan fingerprint density at radius 2 is 2.19 bits per heavy atom. The van der Waals surface area contributed by atoms with Gasteiger partial charge in [-0.05, 0) is 19.1 Å². The van der Waals surface area contributed by atoms with Gasteiger partial charge in [-0.1, -0.05) is 6.92 Å². The van der Waals surface area contributed by atoms with Crippen molar-refractivity contribution in [3.05, 3.63) is 30.2 Å². The van der Waals surface area contributed by atoms with Crippen molar-refractivity contribution in [1.82, 2.24) is 15.0 Å². The van der Waals surface area contributed by atoms with Crippen molar-refractivity contribution in [1.29, 1.82) is 0 Å². The Hall–Kier alpha value is -1.84. The van der Waals surface area contributed by atoms with Gasteiger partial charge in [-0.25, -0.2) is 9.97 Å². The molecule has 0 atom stereocenters. The average molecular weight is 216 g/mol. The summed E-state index contributed by atoms with van der Waals surface area (Å²) in [6.07, 6.45) is 2.74. The standard InChI is InChI=1S/C12H16N4/c1-3-11-15-10(9-6-5-7-14-9)8-12(16-11)13-4-2/h5-8,14H,3-4H2,1-2H3,(H,13,15,16). The third-order valence-corrected chi connectivity index (χ3v) is 2.32. The zero-order chi connectivity index (χ0) is 11.4. The summed E-state index contributed by atoms with van der Waals surface area (Å²) in [4.78, 5) is 12.1. The molecule has 0 saturated carbocycles. The van der Waals surface area contributed by atoms with Gasteiger partial charge in [-0.3, -0.25) is 0 Å². The number of hydrogen-bond acceptors (Lipinski definition) is 3. The van der Waals surface area contributed by atoms with Crippen molar-refractivity contribution in [2.75, 3.05) is 11.9 Å². The van der Waals surface area contributed by atoms with Crippen molar-refractivity contribution >= 4 is 5.82 Å². The zero-order valence-corrected chi connectivity index (χ0v) is 9.62. The molecule has 0 aliphatic carbocycles. The number of nitrogens with zero attached hydrogens (tertiary/aromatic N) is 2. The van der Waals surface area contributed by atoms with E-state index in [9.17, 15) is 0 Å². The Balaban J connectivity index is 2.41. The van der Waals surface area contributed by atoms with Crippen LogP contribution in [0, 0.1) is 0 Å². The number of rotatable bonds is 4. The fourth-order valence-electron chi connectivity index (χ4n) is 1.55. The first kappa shape index (κ1) is 10.7. The largest absolute Gasteiger partial charge is 0.370 e. The van der Waals surface area contributed by atoms with Crippen molar-refractivity contribution in [2.24, 2.45) is 0 Å². The van der Waals surface area contributed by atoms with Crippen molar-refractivity contribution in [2.45, 2.75) is 20.3 Å². The van der Waals surface area contributed by atoms with Gasteiger partial charge in [0.1, 0.15) is 11.6 Å². The highest BCUT2D eigenvalue weighted by atomic mass is 15.0. The van der Waals surface area contributed by atoms with Gasteiger partial charge in [-0.15, -0.1) is 0 Å². The summed E-state index contributed by atoms with van der Waals surface area (Å²) in [6, 6.07) is 5.95. The van der Waals surface area contributed by atoms with Gasteiger partial charge in [0, 0.05) is 25.2 Å². The molecule has 2 heterocycles. The van der Waals surface area contributed by atoms with Gasteiger partial charge < -0.3 is 10.3 Å². The van der Waals surface area contributed by atoms with Gasteiger partial charge in [0.25, 0.3) is 0 Å². The van der Waals surface area contributed by atoms with Crippen LogP contribution in [-0.2, 0) is 6.42 Å². The molecule has 4 heteroatoms. The number of aryl methyl sites for hydroxylation is 1. The lowest BCUT2D eigenvalue weighted by Crippen LogP contribution is -2.04. The predicted octanol–water partition coefficient (Wildman–Crippen LogP) is 2.47. The summed E-state index contributed by atoms with van der Waals surface area (Å²) in [6.45, 7) is 4.98. The maximum Gasteiger partial charge on any atom is 0.131 e. The fourth-order valence-corrected chi connectivity index (χ4v) is 1.55. The number of anilines is 1. The minimum Gasteiger partial charge on any atom is -0.370 e. The molecule has 4 nitrogen and oxygen atoms in total. The molecule has 0 aromatic carbocycles. The monoisotopic (exact) mass is 216 g/mol. The molecule has 84 valence electrons. The summed E-state index contributed by atoms with van der Waals surface area (Å²) in [5, 5.41) is 3.22. The van der Waals surface area contributed by atoms with E-state index in [0.717, 1.165) is 36.0 Å². The van der Waals surface area contributed by atoms with Crippen LogP contribution < -0.4 is 5.32 Å². The first-order chi connectivity index (χ1) is 7.83. The van der Waals surface area contributed by atoms with E-state index in [0.29, 0.717) is 0 Å². The molecule has 0 fully saturated rings. The third-order valence-electron chi connectivity index (χ3n) is 2.32. The van der Waals surface area contributed by atoms with Crippen molar-refractivity contribution < 1.29 is 0 Å². The highest BCUT2D eigenvalue weighted by molar-refractivity contribution is 5.58. The molecular weight excluding hydrogens is 200 g/mol. The van der Waals surface area contributed by atoms with Crippen LogP contribution >= 0.6 is 0 Å². The molecule has 16 heavy (non-hydrogen) atoms. The molecule has 0 amide bonds. The second-order valence-corrected chi connectivity index (χ2v) is 3.52. The van der Waals surface area contributed by atoms with E-state index in [2.05, 4.69) is 34.1 Å². The lowest BCUT2D eigenvalue weighted by atomic mass is 10.3. The molecule has 2 rings (SSSR count). The first-order valence-electron chi connectivity index (χ1n) is 5.59. The third kappa shape index (κ3) is 2.21. The van der Waals surface area contributed by atoms with E-state index in [1.54, 1.807) is 0 Å². The number of hydrogen-bond donors (Lipinski definition) is 2. The molecule has 0 aliphatic rings. The Bertz CT molecular complexity index is 448. The summed E-state index contributed by atoms with van der Waals surface area (Å²) in [5.41, 5.74) is 1.96. The number of aromatic nitrogens is 3. The highest BCUT2D eigenvalue weighted by Gasteiger charge is 2.05. The topological polar surface area (TPSA) is 53.6 Å². The quantitative estimate of drug-likeness (QED) is 0.825. The Labute approximate surface area is 95.1 Å². The van der Waals surface area contributed by atoms with Gasteiger partial charge in [0.05, 0.1) is 11.4 Å². The van der Waals surface area contributed by atoms with E-state index >= 15 is 0 Å². The van der Waals surface area contributed by atoms with E-state index in [1.807, 2.05) is 24.4 Å². The van der Waals surface area contributed by atoms with Crippen LogP contribution in [0.5, 0.6) is 0 Å². The van der Waals surface area contributed by atoms with Gasteiger partial charge in [0.2, 0.25) is 0 Å². The van der Waals surface area contributed by atoms with Crippen LogP contribution in [0.3, 0.4) is 0 Å². The molecule has 0 spiro atoms. The van der Waals surface area contributed by atoms with E-state index in [-0.39, 0.29) is 0 Å². The molecule has 0 unspecified atom stereocenters. The lowest BCUT2D eigenvalue weighted by Gasteiger charge is -2.06. The summed E-state index contributed by atoms with van der Waals surface area (Å²) in [7, 11) is 0. The second-order valence-electron chi connectivity index (χ2n) is 3.52. The molecular formula is C12H16N4. The average Bonchev–Trinajstić information content (AvgIpc) is 2.82. The number of aromatic amines is 1. The predicted molar refractivity (Wildman–Crippen MR) is 65.4 cm³/mol. The maximum atomic E-state index is 4.49. The van der Waals surface area contributed by atoms with E-state index in [1.165, 1.54) is 0 Å². The fraction of sp³-hybridized carbons (Fsp3) is 0.333. The SMILES string of the molecule is CCNc1cc(-c2ccc[nH]2)nc(CC)n1.